The van der Waals surface area contributed by atoms with E-state index < -0.39 is 5.25 Å². The molecule has 0 saturated carbocycles. The predicted octanol–water partition coefficient (Wildman–Crippen LogP) is 7.96. The van der Waals surface area contributed by atoms with E-state index in [1.807, 2.05) is 85.8 Å². The number of benzene rings is 4. The molecule has 4 aromatic carbocycles. The van der Waals surface area contributed by atoms with Crippen LogP contribution in [0.5, 0.6) is 0 Å². The highest BCUT2D eigenvalue weighted by molar-refractivity contribution is 8.00. The molecule has 0 aromatic heterocycles. The van der Waals surface area contributed by atoms with Crippen molar-refractivity contribution in [1.29, 1.82) is 0 Å². The Labute approximate surface area is 225 Å². The van der Waals surface area contributed by atoms with E-state index in [-0.39, 0.29) is 18.2 Å². The number of carbonyl (C=O) groups is 2. The number of amides is 2. The average molecular weight is 535 g/mol. The molecule has 0 spiro atoms. The molecule has 4 nitrogen and oxygen atoms in total. The fourth-order valence-corrected chi connectivity index (χ4v) is 5.00. The Morgan fingerprint density at radius 2 is 1.56 bits per heavy atom. The summed E-state index contributed by atoms with van der Waals surface area (Å²) >= 11 is 13.6. The van der Waals surface area contributed by atoms with Crippen LogP contribution in [0.1, 0.15) is 21.9 Å². The molecule has 0 aliphatic rings. The third kappa shape index (κ3) is 6.91. The van der Waals surface area contributed by atoms with E-state index in [2.05, 4.69) is 10.6 Å². The predicted molar refractivity (Wildman–Crippen MR) is 150 cm³/mol. The zero-order valence-electron chi connectivity index (χ0n) is 19.5. The molecular weight excluding hydrogens is 511 g/mol. The van der Waals surface area contributed by atoms with Crippen molar-refractivity contribution < 1.29 is 9.59 Å². The second-order valence-electron chi connectivity index (χ2n) is 8.19. The van der Waals surface area contributed by atoms with Crippen LogP contribution >= 0.6 is 35.0 Å². The summed E-state index contributed by atoms with van der Waals surface area (Å²) in [4.78, 5) is 26.8. The van der Waals surface area contributed by atoms with Crippen molar-refractivity contribution in [2.45, 2.75) is 23.5 Å². The molecule has 0 aliphatic heterocycles. The van der Waals surface area contributed by atoms with Crippen molar-refractivity contribution in [2.75, 3.05) is 10.6 Å². The molecule has 2 N–H and O–H groups in total. The molecule has 0 heterocycles. The molecule has 182 valence electrons. The normalized spacial score (nSPS) is 11.5. The molecule has 0 aliphatic carbocycles. The van der Waals surface area contributed by atoms with Crippen LogP contribution in [-0.2, 0) is 16.0 Å². The first-order valence-corrected chi connectivity index (χ1v) is 12.9. The average Bonchev–Trinajstić information content (AvgIpc) is 2.87. The number of hydrogen-bond donors (Lipinski definition) is 2. The maximum absolute atomic E-state index is 13.4. The molecular formula is C29H24Cl2N2O2S. The van der Waals surface area contributed by atoms with Crippen molar-refractivity contribution in [3.63, 3.8) is 0 Å². The molecule has 0 radical (unpaired) electrons. The first-order valence-electron chi connectivity index (χ1n) is 11.3. The highest BCUT2D eigenvalue weighted by Gasteiger charge is 2.23. The largest absolute Gasteiger partial charge is 0.326 e. The van der Waals surface area contributed by atoms with E-state index in [0.717, 1.165) is 21.6 Å². The van der Waals surface area contributed by atoms with E-state index in [9.17, 15) is 9.59 Å². The smallest absolute Gasteiger partial charge is 0.242 e. The topological polar surface area (TPSA) is 58.2 Å². The third-order valence-corrected chi connectivity index (χ3v) is 7.43. The minimum atomic E-state index is -0.510. The zero-order chi connectivity index (χ0) is 25.5. The van der Waals surface area contributed by atoms with Gasteiger partial charge in [-0.25, -0.2) is 0 Å². The third-order valence-electron chi connectivity index (χ3n) is 5.52. The van der Waals surface area contributed by atoms with Gasteiger partial charge in [-0.2, -0.15) is 0 Å². The molecule has 1 atom stereocenters. The summed E-state index contributed by atoms with van der Waals surface area (Å²) in [5, 5.41) is 6.68. The summed E-state index contributed by atoms with van der Waals surface area (Å²) in [6.45, 7) is 1.87. The van der Waals surface area contributed by atoms with Crippen LogP contribution in [-0.4, -0.2) is 11.8 Å². The number of thioether (sulfide) groups is 1. The van der Waals surface area contributed by atoms with Gasteiger partial charge < -0.3 is 10.6 Å². The summed E-state index contributed by atoms with van der Waals surface area (Å²) < 4.78 is 0. The Hall–Kier alpha value is -3.25. The summed E-state index contributed by atoms with van der Waals surface area (Å²) in [6, 6.07) is 29.7. The van der Waals surface area contributed by atoms with Gasteiger partial charge in [-0.05, 0) is 66.1 Å². The highest BCUT2D eigenvalue weighted by atomic mass is 35.5. The Bertz CT molecular complexity index is 1360. The lowest BCUT2D eigenvalue weighted by Crippen LogP contribution is -2.19. The molecule has 0 bridgehead atoms. The number of hydrogen-bond acceptors (Lipinski definition) is 3. The molecule has 4 rings (SSSR count). The summed E-state index contributed by atoms with van der Waals surface area (Å²) in [5.74, 6) is -0.290. The van der Waals surface area contributed by atoms with Gasteiger partial charge in [0.15, 0.2) is 0 Å². The lowest BCUT2D eigenvalue weighted by molar-refractivity contribution is -0.116. The monoisotopic (exact) mass is 534 g/mol. The van der Waals surface area contributed by atoms with Crippen LogP contribution in [0.25, 0.3) is 0 Å². The zero-order valence-corrected chi connectivity index (χ0v) is 21.8. The van der Waals surface area contributed by atoms with Crippen molar-refractivity contribution in [3.05, 3.63) is 124 Å². The van der Waals surface area contributed by atoms with Gasteiger partial charge in [0.25, 0.3) is 0 Å². The van der Waals surface area contributed by atoms with E-state index >= 15 is 0 Å². The van der Waals surface area contributed by atoms with Gasteiger partial charge in [0.05, 0.1) is 6.42 Å². The molecule has 2 amide bonds. The SMILES string of the molecule is Cc1c(Cl)cccc1NC(=O)C(Sc1cccc(NC(=O)Cc2ccc(Cl)cc2)c1)c1ccccc1. The quantitative estimate of drug-likeness (QED) is 0.225. The second kappa shape index (κ2) is 12.1. The standard InChI is InChI=1S/C29H24Cl2N2O2S/c1-19-25(31)11-6-12-26(19)33-29(35)28(21-7-3-2-4-8-21)36-24-10-5-9-23(18-24)32-27(34)17-20-13-15-22(30)16-14-20/h2-16,18,28H,17H2,1H3,(H,32,34)(H,33,35). The van der Waals surface area contributed by atoms with Gasteiger partial charge in [0.2, 0.25) is 11.8 Å². The molecule has 1 unspecified atom stereocenters. The van der Waals surface area contributed by atoms with Crippen LogP contribution in [0.15, 0.2) is 102 Å². The van der Waals surface area contributed by atoms with Crippen LogP contribution in [0.4, 0.5) is 11.4 Å². The summed E-state index contributed by atoms with van der Waals surface area (Å²) in [5.41, 5.74) is 3.90. The maximum Gasteiger partial charge on any atom is 0.242 e. The van der Waals surface area contributed by atoms with Gasteiger partial charge in [0, 0.05) is 26.3 Å². The van der Waals surface area contributed by atoms with Crippen LogP contribution < -0.4 is 10.6 Å². The fraction of sp³-hybridized carbons (Fsp3) is 0.103. The molecule has 36 heavy (non-hydrogen) atoms. The summed E-state index contributed by atoms with van der Waals surface area (Å²) in [7, 11) is 0. The van der Waals surface area contributed by atoms with Gasteiger partial charge in [-0.3, -0.25) is 9.59 Å². The van der Waals surface area contributed by atoms with Gasteiger partial charge in [0.1, 0.15) is 5.25 Å². The van der Waals surface area contributed by atoms with E-state index in [1.54, 1.807) is 18.2 Å². The lowest BCUT2D eigenvalue weighted by atomic mass is 10.1. The van der Waals surface area contributed by atoms with Crippen molar-refractivity contribution in [1.82, 2.24) is 0 Å². The van der Waals surface area contributed by atoms with Gasteiger partial charge >= 0.3 is 0 Å². The minimum Gasteiger partial charge on any atom is -0.326 e. The van der Waals surface area contributed by atoms with Crippen molar-refractivity contribution in [2.24, 2.45) is 0 Å². The number of carbonyl (C=O) groups excluding carboxylic acids is 2. The molecule has 7 heteroatoms. The Morgan fingerprint density at radius 1 is 0.833 bits per heavy atom. The first-order chi connectivity index (χ1) is 17.4. The molecule has 0 fully saturated rings. The minimum absolute atomic E-state index is 0.131. The van der Waals surface area contributed by atoms with Crippen LogP contribution in [0.2, 0.25) is 10.0 Å². The van der Waals surface area contributed by atoms with Crippen molar-refractivity contribution in [3.8, 4) is 0 Å². The number of anilines is 2. The number of nitrogens with one attached hydrogen (secondary N) is 2. The number of halogens is 2. The van der Waals surface area contributed by atoms with Crippen molar-refractivity contribution >= 4 is 58.2 Å². The second-order valence-corrected chi connectivity index (χ2v) is 10.2. The first kappa shape index (κ1) is 25.8. The number of rotatable bonds is 8. The Balaban J connectivity index is 1.50. The van der Waals surface area contributed by atoms with E-state index in [0.29, 0.717) is 21.4 Å². The van der Waals surface area contributed by atoms with Gasteiger partial charge in [-0.15, -0.1) is 11.8 Å². The van der Waals surface area contributed by atoms with E-state index in [4.69, 9.17) is 23.2 Å². The Kier molecular flexibility index (Phi) is 8.70. The van der Waals surface area contributed by atoms with Gasteiger partial charge in [-0.1, -0.05) is 77.8 Å². The maximum atomic E-state index is 13.4. The van der Waals surface area contributed by atoms with E-state index in [1.165, 1.54) is 11.8 Å². The molecule has 4 aromatic rings. The Morgan fingerprint density at radius 3 is 2.31 bits per heavy atom. The summed E-state index contributed by atoms with van der Waals surface area (Å²) in [6.07, 6.45) is 0.239. The fourth-order valence-electron chi connectivity index (χ4n) is 3.62. The lowest BCUT2D eigenvalue weighted by Gasteiger charge is -2.19. The highest BCUT2D eigenvalue weighted by Crippen LogP contribution is 2.37. The van der Waals surface area contributed by atoms with Crippen LogP contribution in [0, 0.1) is 6.92 Å². The van der Waals surface area contributed by atoms with Crippen LogP contribution in [0.3, 0.4) is 0 Å². The molecule has 0 saturated heterocycles.